The lowest BCUT2D eigenvalue weighted by Crippen LogP contribution is -2.45. The molecule has 3 aromatic carbocycles. The van der Waals surface area contributed by atoms with Crippen LogP contribution in [0.25, 0.3) is 11.1 Å². The maximum atomic E-state index is 15.0. The van der Waals surface area contributed by atoms with Crippen LogP contribution in [0, 0.1) is 23.0 Å². The number of benzene rings is 3. The molecule has 1 heterocycles. The summed E-state index contributed by atoms with van der Waals surface area (Å²) in [6.07, 6.45) is -0.505. The molecule has 0 bridgehead atoms. The Balaban J connectivity index is 1.83. The quantitative estimate of drug-likeness (QED) is 0.447. The molecule has 0 saturated carbocycles. The van der Waals surface area contributed by atoms with Crippen LogP contribution in [0.5, 0.6) is 5.75 Å². The fraction of sp³-hybridized carbons (Fsp3) is 0.259. The van der Waals surface area contributed by atoms with E-state index in [0.29, 0.717) is 11.1 Å². The van der Waals surface area contributed by atoms with Crippen LogP contribution in [-0.4, -0.2) is 18.2 Å². The van der Waals surface area contributed by atoms with Crippen molar-refractivity contribution >= 4 is 17.7 Å². The standard InChI is InChI=1S/C27H23ClF2N2O3/c1-26(2,3)35-25(33)32-15-27(17-9-5-4-6-10-17)13-18-21(34-27)12-20(30)24(28)23(18)22-16(14-31)8-7-11-19(22)29/h4-12H,13,15H2,1-3H3,(H,32,33)/t27-/m1/s1. The number of amides is 1. The average Bonchev–Trinajstić information content (AvgIpc) is 3.18. The molecule has 0 spiro atoms. The van der Waals surface area contributed by atoms with E-state index in [0.717, 1.165) is 6.07 Å². The van der Waals surface area contributed by atoms with Crippen molar-refractivity contribution in [3.63, 3.8) is 0 Å². The molecule has 0 unspecified atom stereocenters. The van der Waals surface area contributed by atoms with Crippen LogP contribution in [0.15, 0.2) is 54.6 Å². The van der Waals surface area contributed by atoms with Crippen molar-refractivity contribution in [3.8, 4) is 22.9 Å². The van der Waals surface area contributed by atoms with E-state index in [-0.39, 0.29) is 40.4 Å². The molecule has 0 saturated heterocycles. The van der Waals surface area contributed by atoms with Crippen LogP contribution in [-0.2, 0) is 16.8 Å². The summed E-state index contributed by atoms with van der Waals surface area (Å²) in [5, 5.41) is 12.0. The minimum Gasteiger partial charge on any atom is -0.480 e. The van der Waals surface area contributed by atoms with Gasteiger partial charge in [-0.25, -0.2) is 13.6 Å². The van der Waals surface area contributed by atoms with Crippen LogP contribution in [0.2, 0.25) is 5.02 Å². The molecule has 4 rings (SSSR count). The first-order valence-corrected chi connectivity index (χ1v) is 11.3. The van der Waals surface area contributed by atoms with Crippen molar-refractivity contribution in [3.05, 3.63) is 87.9 Å². The summed E-state index contributed by atoms with van der Waals surface area (Å²) in [7, 11) is 0. The van der Waals surface area contributed by atoms with E-state index in [1.54, 1.807) is 20.8 Å². The summed E-state index contributed by atoms with van der Waals surface area (Å²) in [5.41, 5.74) is -0.717. The lowest BCUT2D eigenvalue weighted by molar-refractivity contribution is 0.0414. The molecule has 0 fully saturated rings. The molecule has 35 heavy (non-hydrogen) atoms. The van der Waals surface area contributed by atoms with Gasteiger partial charge in [0, 0.05) is 29.2 Å². The van der Waals surface area contributed by atoms with Gasteiger partial charge in [-0.3, -0.25) is 0 Å². The number of nitrogens with one attached hydrogen (secondary N) is 1. The third-order valence-electron chi connectivity index (χ3n) is 5.65. The zero-order valence-electron chi connectivity index (χ0n) is 19.4. The van der Waals surface area contributed by atoms with Crippen molar-refractivity contribution < 1.29 is 23.0 Å². The monoisotopic (exact) mass is 496 g/mol. The Morgan fingerprint density at radius 1 is 1.14 bits per heavy atom. The Kier molecular flexibility index (Phi) is 6.44. The zero-order valence-corrected chi connectivity index (χ0v) is 20.2. The minimum absolute atomic E-state index is 0.0122. The number of carbonyl (C=O) groups is 1. The Hall–Kier alpha value is -3.63. The molecule has 8 heteroatoms. The van der Waals surface area contributed by atoms with Crippen LogP contribution < -0.4 is 10.1 Å². The molecule has 1 N–H and O–H groups in total. The van der Waals surface area contributed by atoms with E-state index in [1.165, 1.54) is 18.2 Å². The fourth-order valence-electron chi connectivity index (χ4n) is 4.20. The Morgan fingerprint density at radius 3 is 2.51 bits per heavy atom. The number of hydrogen-bond acceptors (Lipinski definition) is 4. The SMILES string of the molecule is CC(C)(C)OC(=O)NC[C@@]1(c2ccccc2)Cc2c(cc(F)c(Cl)c2-c2c(F)cccc2C#N)O1. The molecule has 0 aromatic heterocycles. The number of rotatable bonds is 4. The Bertz CT molecular complexity index is 1330. The molecule has 1 aliphatic rings. The number of hydrogen-bond donors (Lipinski definition) is 1. The average molecular weight is 497 g/mol. The number of carbonyl (C=O) groups excluding carboxylic acids is 1. The van der Waals surface area contributed by atoms with Crippen molar-refractivity contribution in [1.29, 1.82) is 5.26 Å². The fourth-order valence-corrected chi connectivity index (χ4v) is 4.47. The summed E-state index contributed by atoms with van der Waals surface area (Å²) in [6, 6.07) is 16.2. The summed E-state index contributed by atoms with van der Waals surface area (Å²) in [5.74, 6) is -1.36. The summed E-state index contributed by atoms with van der Waals surface area (Å²) in [6.45, 7) is 5.24. The predicted molar refractivity (Wildman–Crippen MR) is 128 cm³/mol. The van der Waals surface area contributed by atoms with Crippen molar-refractivity contribution in [2.45, 2.75) is 38.4 Å². The van der Waals surface area contributed by atoms with Crippen molar-refractivity contribution in [2.75, 3.05) is 6.54 Å². The highest BCUT2D eigenvalue weighted by Crippen LogP contribution is 2.49. The highest BCUT2D eigenvalue weighted by molar-refractivity contribution is 6.34. The second kappa shape index (κ2) is 9.20. The molecule has 1 atom stereocenters. The van der Waals surface area contributed by atoms with Gasteiger partial charge < -0.3 is 14.8 Å². The van der Waals surface area contributed by atoms with Gasteiger partial charge in [0.25, 0.3) is 0 Å². The van der Waals surface area contributed by atoms with E-state index < -0.39 is 28.9 Å². The van der Waals surface area contributed by atoms with Gasteiger partial charge in [0.05, 0.1) is 23.2 Å². The molecule has 5 nitrogen and oxygen atoms in total. The van der Waals surface area contributed by atoms with Gasteiger partial charge in [-0.1, -0.05) is 48.0 Å². The lowest BCUT2D eigenvalue weighted by Gasteiger charge is -2.30. The third kappa shape index (κ3) is 4.80. The zero-order chi connectivity index (χ0) is 25.4. The number of alkyl carbamates (subject to hydrolysis) is 1. The maximum absolute atomic E-state index is 15.0. The van der Waals surface area contributed by atoms with E-state index >= 15 is 0 Å². The molecule has 180 valence electrons. The highest BCUT2D eigenvalue weighted by atomic mass is 35.5. The van der Waals surface area contributed by atoms with Gasteiger partial charge >= 0.3 is 6.09 Å². The van der Waals surface area contributed by atoms with Crippen LogP contribution in [0.4, 0.5) is 13.6 Å². The van der Waals surface area contributed by atoms with E-state index in [1.807, 2.05) is 36.4 Å². The first-order chi connectivity index (χ1) is 16.5. The largest absolute Gasteiger partial charge is 0.480 e. The number of fused-ring (bicyclic) bond motifs is 1. The maximum Gasteiger partial charge on any atom is 0.407 e. The predicted octanol–water partition coefficient (Wildman–Crippen LogP) is 6.51. The Morgan fingerprint density at radius 2 is 1.86 bits per heavy atom. The van der Waals surface area contributed by atoms with Gasteiger partial charge in [0.15, 0.2) is 5.60 Å². The second-order valence-corrected chi connectivity index (χ2v) is 9.67. The van der Waals surface area contributed by atoms with Crippen molar-refractivity contribution in [2.24, 2.45) is 0 Å². The van der Waals surface area contributed by atoms with Gasteiger partial charge in [-0.2, -0.15) is 5.26 Å². The number of nitrogens with zero attached hydrogens (tertiary/aromatic N) is 1. The summed E-state index contributed by atoms with van der Waals surface area (Å²) >= 11 is 6.36. The van der Waals surface area contributed by atoms with Gasteiger partial charge in [0.2, 0.25) is 0 Å². The van der Waals surface area contributed by atoms with Gasteiger partial charge in [0.1, 0.15) is 23.0 Å². The first-order valence-electron chi connectivity index (χ1n) is 11.0. The Labute approximate surface area is 207 Å². The molecular weight excluding hydrogens is 474 g/mol. The topological polar surface area (TPSA) is 71.3 Å². The van der Waals surface area contributed by atoms with E-state index in [9.17, 15) is 18.8 Å². The minimum atomic E-state index is -1.15. The summed E-state index contributed by atoms with van der Waals surface area (Å²) in [4.78, 5) is 12.4. The van der Waals surface area contributed by atoms with Crippen LogP contribution >= 0.6 is 11.6 Å². The second-order valence-electron chi connectivity index (χ2n) is 9.29. The van der Waals surface area contributed by atoms with Crippen LogP contribution in [0.3, 0.4) is 0 Å². The third-order valence-corrected chi connectivity index (χ3v) is 6.02. The number of nitriles is 1. The molecule has 0 aliphatic carbocycles. The molecule has 0 radical (unpaired) electrons. The van der Waals surface area contributed by atoms with Gasteiger partial charge in [-0.15, -0.1) is 0 Å². The number of ether oxygens (including phenoxy) is 2. The number of halogens is 3. The first kappa shape index (κ1) is 24.5. The summed E-state index contributed by atoms with van der Waals surface area (Å²) < 4.78 is 41.6. The lowest BCUT2D eigenvalue weighted by atomic mass is 9.85. The highest BCUT2D eigenvalue weighted by Gasteiger charge is 2.44. The molecular formula is C27H23ClF2N2O3. The molecule has 3 aromatic rings. The van der Waals surface area contributed by atoms with Crippen molar-refractivity contribution in [1.82, 2.24) is 5.32 Å². The molecule has 1 amide bonds. The van der Waals surface area contributed by atoms with E-state index in [4.69, 9.17) is 21.1 Å². The van der Waals surface area contributed by atoms with Gasteiger partial charge in [-0.05, 0) is 38.5 Å². The normalized spacial score (nSPS) is 16.7. The smallest absolute Gasteiger partial charge is 0.407 e. The van der Waals surface area contributed by atoms with Crippen LogP contribution in [0.1, 0.15) is 37.5 Å². The van der Waals surface area contributed by atoms with E-state index in [2.05, 4.69) is 5.32 Å². The molecule has 1 aliphatic heterocycles.